The van der Waals surface area contributed by atoms with E-state index >= 15 is 0 Å². The van der Waals surface area contributed by atoms with Crippen molar-refractivity contribution in [1.29, 1.82) is 0 Å². The Labute approximate surface area is 101 Å². The second kappa shape index (κ2) is 7.25. The van der Waals surface area contributed by atoms with Gasteiger partial charge in [-0.3, -0.25) is 0 Å². The quantitative estimate of drug-likeness (QED) is 0.751. The number of piperidine rings is 1. The Hall–Kier alpha value is -0.120. The molecule has 1 heterocycles. The lowest BCUT2D eigenvalue weighted by atomic mass is 9.97. The minimum absolute atomic E-state index is 0.574. The average Bonchev–Trinajstić information content (AvgIpc) is 2.26. The number of methoxy groups -OCH3 is 1. The SMILES string of the molecule is CCN1CCC(NC(C)CCOC)CC1C. The van der Waals surface area contributed by atoms with Crippen molar-refractivity contribution in [3.63, 3.8) is 0 Å². The minimum atomic E-state index is 0.574. The van der Waals surface area contributed by atoms with Crippen LogP contribution < -0.4 is 5.32 Å². The third-order valence-corrected chi connectivity index (χ3v) is 3.70. The lowest BCUT2D eigenvalue weighted by molar-refractivity contribution is 0.132. The summed E-state index contributed by atoms with van der Waals surface area (Å²) < 4.78 is 5.11. The van der Waals surface area contributed by atoms with Gasteiger partial charge in [0.15, 0.2) is 0 Å². The molecule has 0 aromatic rings. The molecule has 1 fully saturated rings. The van der Waals surface area contributed by atoms with Gasteiger partial charge in [0.2, 0.25) is 0 Å². The Morgan fingerprint density at radius 2 is 2.25 bits per heavy atom. The molecule has 0 aliphatic carbocycles. The highest BCUT2D eigenvalue weighted by molar-refractivity contribution is 4.83. The average molecular weight is 228 g/mol. The zero-order valence-electron chi connectivity index (χ0n) is 11.3. The largest absolute Gasteiger partial charge is 0.385 e. The van der Waals surface area contributed by atoms with E-state index in [4.69, 9.17) is 4.74 Å². The molecule has 3 heteroatoms. The van der Waals surface area contributed by atoms with Gasteiger partial charge in [0.05, 0.1) is 0 Å². The van der Waals surface area contributed by atoms with Crippen LogP contribution in [0.2, 0.25) is 0 Å². The van der Waals surface area contributed by atoms with Crippen LogP contribution in [0.15, 0.2) is 0 Å². The van der Waals surface area contributed by atoms with Gasteiger partial charge in [0, 0.05) is 31.8 Å². The first kappa shape index (κ1) is 13.9. The van der Waals surface area contributed by atoms with E-state index in [9.17, 15) is 0 Å². The molecule has 0 amide bonds. The van der Waals surface area contributed by atoms with Crippen molar-refractivity contribution < 1.29 is 4.74 Å². The molecule has 0 spiro atoms. The Morgan fingerprint density at radius 3 is 2.81 bits per heavy atom. The van der Waals surface area contributed by atoms with Gasteiger partial charge in [0.25, 0.3) is 0 Å². The summed E-state index contributed by atoms with van der Waals surface area (Å²) in [6.07, 6.45) is 3.68. The van der Waals surface area contributed by atoms with E-state index < -0.39 is 0 Å². The molecule has 0 saturated carbocycles. The van der Waals surface area contributed by atoms with E-state index in [1.54, 1.807) is 7.11 Å². The highest BCUT2D eigenvalue weighted by Gasteiger charge is 2.24. The molecule has 0 aromatic carbocycles. The van der Waals surface area contributed by atoms with Crippen LogP contribution in [0.5, 0.6) is 0 Å². The van der Waals surface area contributed by atoms with E-state index in [-0.39, 0.29) is 0 Å². The zero-order chi connectivity index (χ0) is 12.0. The van der Waals surface area contributed by atoms with Crippen molar-refractivity contribution in [3.8, 4) is 0 Å². The molecular weight excluding hydrogens is 200 g/mol. The monoisotopic (exact) mass is 228 g/mol. The molecule has 1 N–H and O–H groups in total. The first-order valence-electron chi connectivity index (χ1n) is 6.66. The molecular formula is C13H28N2O. The van der Waals surface area contributed by atoms with Crippen LogP contribution in [0.3, 0.4) is 0 Å². The van der Waals surface area contributed by atoms with E-state index in [0.29, 0.717) is 12.1 Å². The Bertz CT molecular complexity index is 187. The second-order valence-electron chi connectivity index (χ2n) is 5.05. The van der Waals surface area contributed by atoms with Gasteiger partial charge in [0.1, 0.15) is 0 Å². The van der Waals surface area contributed by atoms with Gasteiger partial charge in [-0.25, -0.2) is 0 Å². The lowest BCUT2D eigenvalue weighted by Crippen LogP contribution is -2.49. The summed E-state index contributed by atoms with van der Waals surface area (Å²) in [4.78, 5) is 2.57. The molecule has 1 rings (SSSR count). The molecule has 0 bridgehead atoms. The summed E-state index contributed by atoms with van der Waals surface area (Å²) in [6.45, 7) is 10.1. The maximum atomic E-state index is 5.11. The van der Waals surface area contributed by atoms with E-state index in [1.165, 1.54) is 25.9 Å². The molecule has 3 unspecified atom stereocenters. The summed E-state index contributed by atoms with van der Waals surface area (Å²) in [7, 11) is 1.77. The van der Waals surface area contributed by atoms with Crippen molar-refractivity contribution in [2.24, 2.45) is 0 Å². The molecule has 0 aromatic heterocycles. The summed E-state index contributed by atoms with van der Waals surface area (Å²) in [5.41, 5.74) is 0. The van der Waals surface area contributed by atoms with Gasteiger partial charge in [-0.2, -0.15) is 0 Å². The Balaban J connectivity index is 2.24. The van der Waals surface area contributed by atoms with Crippen molar-refractivity contribution in [1.82, 2.24) is 10.2 Å². The third-order valence-electron chi connectivity index (χ3n) is 3.70. The van der Waals surface area contributed by atoms with Crippen LogP contribution >= 0.6 is 0 Å². The van der Waals surface area contributed by atoms with Crippen molar-refractivity contribution in [3.05, 3.63) is 0 Å². The fourth-order valence-electron chi connectivity index (χ4n) is 2.62. The summed E-state index contributed by atoms with van der Waals surface area (Å²) in [6, 6.07) is 2.00. The van der Waals surface area contributed by atoms with Crippen LogP contribution in [0, 0.1) is 0 Å². The standard InChI is InChI=1S/C13H28N2O/c1-5-15-8-6-13(10-12(15)3)14-11(2)7-9-16-4/h11-14H,5-10H2,1-4H3. The number of rotatable bonds is 6. The zero-order valence-corrected chi connectivity index (χ0v) is 11.3. The van der Waals surface area contributed by atoms with E-state index in [2.05, 4.69) is 31.0 Å². The molecule has 1 aliphatic rings. The minimum Gasteiger partial charge on any atom is -0.385 e. The summed E-state index contributed by atoms with van der Waals surface area (Å²) >= 11 is 0. The first-order chi connectivity index (χ1) is 7.67. The van der Waals surface area contributed by atoms with Gasteiger partial charge in [-0.05, 0) is 46.2 Å². The molecule has 0 radical (unpaired) electrons. The molecule has 3 atom stereocenters. The maximum Gasteiger partial charge on any atom is 0.0476 e. The number of hydrogen-bond donors (Lipinski definition) is 1. The van der Waals surface area contributed by atoms with Crippen molar-refractivity contribution in [2.45, 2.75) is 58.2 Å². The topological polar surface area (TPSA) is 24.5 Å². The number of ether oxygens (including phenoxy) is 1. The molecule has 1 aliphatic heterocycles. The number of hydrogen-bond acceptors (Lipinski definition) is 3. The highest BCUT2D eigenvalue weighted by Crippen LogP contribution is 2.17. The van der Waals surface area contributed by atoms with Crippen LogP contribution in [-0.2, 0) is 4.74 Å². The number of nitrogens with zero attached hydrogens (tertiary/aromatic N) is 1. The van der Waals surface area contributed by atoms with Crippen LogP contribution in [0.25, 0.3) is 0 Å². The number of nitrogens with one attached hydrogen (secondary N) is 1. The second-order valence-corrected chi connectivity index (χ2v) is 5.05. The van der Waals surface area contributed by atoms with Gasteiger partial charge < -0.3 is 15.0 Å². The van der Waals surface area contributed by atoms with Gasteiger partial charge >= 0.3 is 0 Å². The highest BCUT2D eigenvalue weighted by atomic mass is 16.5. The smallest absolute Gasteiger partial charge is 0.0476 e. The van der Waals surface area contributed by atoms with E-state index in [1.807, 2.05) is 0 Å². The van der Waals surface area contributed by atoms with Gasteiger partial charge in [-0.1, -0.05) is 6.92 Å². The van der Waals surface area contributed by atoms with Crippen molar-refractivity contribution in [2.75, 3.05) is 26.8 Å². The van der Waals surface area contributed by atoms with E-state index in [0.717, 1.165) is 19.1 Å². The predicted molar refractivity (Wildman–Crippen MR) is 68.8 cm³/mol. The van der Waals surface area contributed by atoms with Gasteiger partial charge in [-0.15, -0.1) is 0 Å². The van der Waals surface area contributed by atoms with Crippen LogP contribution in [0.1, 0.15) is 40.0 Å². The Morgan fingerprint density at radius 1 is 1.50 bits per heavy atom. The summed E-state index contributed by atoms with van der Waals surface area (Å²) in [5.74, 6) is 0. The van der Waals surface area contributed by atoms with Crippen molar-refractivity contribution >= 4 is 0 Å². The van der Waals surface area contributed by atoms with Crippen LogP contribution in [-0.4, -0.2) is 49.8 Å². The Kier molecular flexibility index (Phi) is 6.32. The molecule has 16 heavy (non-hydrogen) atoms. The summed E-state index contributed by atoms with van der Waals surface area (Å²) in [5, 5.41) is 3.72. The fourth-order valence-corrected chi connectivity index (χ4v) is 2.62. The fraction of sp³-hybridized carbons (Fsp3) is 1.00. The number of likely N-dealkylation sites (tertiary alicyclic amines) is 1. The third kappa shape index (κ3) is 4.40. The molecule has 96 valence electrons. The lowest BCUT2D eigenvalue weighted by Gasteiger charge is -2.38. The molecule has 3 nitrogen and oxygen atoms in total. The maximum absolute atomic E-state index is 5.11. The first-order valence-corrected chi connectivity index (χ1v) is 6.66. The molecule has 1 saturated heterocycles. The predicted octanol–water partition coefficient (Wildman–Crippen LogP) is 1.87. The normalized spacial score (nSPS) is 29.2. The van der Waals surface area contributed by atoms with Crippen LogP contribution in [0.4, 0.5) is 0 Å².